The summed E-state index contributed by atoms with van der Waals surface area (Å²) in [6, 6.07) is 10.3. The Bertz CT molecular complexity index is 240. The van der Waals surface area contributed by atoms with Crippen molar-refractivity contribution in [3.05, 3.63) is 30.3 Å². The quantitative estimate of drug-likeness (QED) is 0.571. The number of nitrogens with zero attached hydrogens (tertiary/aromatic N) is 1. The summed E-state index contributed by atoms with van der Waals surface area (Å²) in [4.78, 5) is 2.18. The number of hydrogen-bond acceptors (Lipinski definition) is 3. The molecule has 14 heavy (non-hydrogen) atoms. The van der Waals surface area contributed by atoms with Gasteiger partial charge in [-0.1, -0.05) is 18.2 Å². The Labute approximate surface area is 91.3 Å². The predicted molar refractivity (Wildman–Crippen MR) is 64.4 cm³/mol. The van der Waals surface area contributed by atoms with Crippen LogP contribution in [0.15, 0.2) is 30.3 Å². The topological polar surface area (TPSA) is 12.5 Å². The lowest BCUT2D eigenvalue weighted by atomic mass is 10.3. The second kappa shape index (κ2) is 6.74. The molecule has 0 aromatic heterocycles. The van der Waals surface area contributed by atoms with Crippen molar-refractivity contribution < 1.29 is 4.74 Å². The first-order chi connectivity index (χ1) is 6.84. The van der Waals surface area contributed by atoms with Gasteiger partial charge in [-0.15, -0.1) is 0 Å². The Kier molecular flexibility index (Phi) is 5.49. The summed E-state index contributed by atoms with van der Waals surface area (Å²) in [5.74, 6) is 0.787. The lowest BCUT2D eigenvalue weighted by molar-refractivity contribution is 0.157. The molecule has 78 valence electrons. The molecule has 0 aliphatic rings. The van der Waals surface area contributed by atoms with Gasteiger partial charge in [0.25, 0.3) is 0 Å². The number of hydrogen-bond donors (Lipinski definition) is 1. The molecule has 1 aromatic carbocycles. The van der Waals surface area contributed by atoms with E-state index in [4.69, 9.17) is 4.74 Å². The number of benzene rings is 1. The van der Waals surface area contributed by atoms with Crippen molar-refractivity contribution in [2.75, 3.05) is 37.5 Å². The maximum absolute atomic E-state index is 5.36. The first-order valence-electron chi connectivity index (χ1n) is 4.79. The van der Waals surface area contributed by atoms with Gasteiger partial charge in [0.2, 0.25) is 0 Å². The van der Waals surface area contributed by atoms with Gasteiger partial charge in [-0.05, 0) is 12.1 Å². The Balaban J connectivity index is 2.25. The Hall–Kier alpha value is -0.670. The average Bonchev–Trinajstić information content (AvgIpc) is 2.25. The molecule has 0 saturated carbocycles. The van der Waals surface area contributed by atoms with Gasteiger partial charge in [0.15, 0.2) is 0 Å². The molecule has 0 N–H and O–H groups in total. The number of thiol groups is 1. The van der Waals surface area contributed by atoms with E-state index in [1.54, 1.807) is 0 Å². The van der Waals surface area contributed by atoms with Gasteiger partial charge in [0, 0.05) is 25.0 Å². The van der Waals surface area contributed by atoms with Gasteiger partial charge in [0.1, 0.15) is 0 Å². The fraction of sp³-hybridized carbons (Fsp3) is 0.455. The molecule has 0 saturated heterocycles. The van der Waals surface area contributed by atoms with Crippen molar-refractivity contribution in [2.45, 2.75) is 0 Å². The molecular formula is C11H17NOS. The molecule has 0 fully saturated rings. The van der Waals surface area contributed by atoms with Gasteiger partial charge in [-0.2, -0.15) is 12.6 Å². The van der Waals surface area contributed by atoms with Crippen molar-refractivity contribution in [2.24, 2.45) is 0 Å². The van der Waals surface area contributed by atoms with Crippen LogP contribution in [0.5, 0.6) is 0 Å². The number of ether oxygens (including phenoxy) is 1. The number of rotatable bonds is 6. The van der Waals surface area contributed by atoms with Crippen LogP contribution in [0.1, 0.15) is 0 Å². The first kappa shape index (κ1) is 11.4. The van der Waals surface area contributed by atoms with Crippen LogP contribution in [0.4, 0.5) is 5.69 Å². The van der Waals surface area contributed by atoms with E-state index in [9.17, 15) is 0 Å². The van der Waals surface area contributed by atoms with Crippen LogP contribution in [-0.2, 0) is 4.74 Å². The van der Waals surface area contributed by atoms with E-state index >= 15 is 0 Å². The fourth-order valence-corrected chi connectivity index (χ4v) is 1.31. The van der Waals surface area contributed by atoms with Gasteiger partial charge >= 0.3 is 0 Å². The highest BCUT2D eigenvalue weighted by Gasteiger charge is 1.98. The normalized spacial score (nSPS) is 10.1. The molecular weight excluding hydrogens is 194 g/mol. The van der Waals surface area contributed by atoms with Crippen LogP contribution >= 0.6 is 12.6 Å². The van der Waals surface area contributed by atoms with E-state index in [-0.39, 0.29) is 0 Å². The highest BCUT2D eigenvalue weighted by atomic mass is 32.1. The summed E-state index contributed by atoms with van der Waals surface area (Å²) in [5.41, 5.74) is 1.22. The van der Waals surface area contributed by atoms with E-state index in [0.29, 0.717) is 0 Å². The molecule has 1 aromatic rings. The van der Waals surface area contributed by atoms with Crippen LogP contribution in [0.3, 0.4) is 0 Å². The summed E-state index contributed by atoms with van der Waals surface area (Å²) in [7, 11) is 2.07. The zero-order chi connectivity index (χ0) is 10.2. The van der Waals surface area contributed by atoms with Crippen molar-refractivity contribution in [3.63, 3.8) is 0 Å². The van der Waals surface area contributed by atoms with Gasteiger partial charge in [-0.25, -0.2) is 0 Å². The number of likely N-dealkylation sites (N-methyl/N-ethyl adjacent to an activating group) is 1. The van der Waals surface area contributed by atoms with E-state index in [1.807, 2.05) is 18.2 Å². The third kappa shape index (κ3) is 4.03. The van der Waals surface area contributed by atoms with Crippen LogP contribution < -0.4 is 4.90 Å². The van der Waals surface area contributed by atoms with E-state index in [0.717, 1.165) is 25.5 Å². The standard InChI is InChI=1S/C11H17NOS/c1-12(7-8-13-9-10-14)11-5-3-2-4-6-11/h2-6,14H,7-10H2,1H3. The molecule has 0 heterocycles. The Morgan fingerprint density at radius 3 is 2.57 bits per heavy atom. The molecule has 0 aliphatic carbocycles. The van der Waals surface area contributed by atoms with E-state index < -0.39 is 0 Å². The van der Waals surface area contributed by atoms with Crippen LogP contribution in [0, 0.1) is 0 Å². The number of anilines is 1. The summed E-state index contributed by atoms with van der Waals surface area (Å²) in [6.07, 6.45) is 0. The molecule has 0 spiro atoms. The minimum Gasteiger partial charge on any atom is -0.379 e. The van der Waals surface area contributed by atoms with Crippen molar-refractivity contribution in [1.82, 2.24) is 0 Å². The molecule has 0 aliphatic heterocycles. The first-order valence-corrected chi connectivity index (χ1v) is 5.42. The highest BCUT2D eigenvalue weighted by Crippen LogP contribution is 2.09. The largest absolute Gasteiger partial charge is 0.379 e. The van der Waals surface area contributed by atoms with E-state index in [1.165, 1.54) is 5.69 Å². The monoisotopic (exact) mass is 211 g/mol. The highest BCUT2D eigenvalue weighted by molar-refractivity contribution is 7.80. The second-order valence-electron chi connectivity index (χ2n) is 3.09. The lowest BCUT2D eigenvalue weighted by Crippen LogP contribution is -2.22. The minimum absolute atomic E-state index is 0.728. The molecule has 0 unspecified atom stereocenters. The third-order valence-corrected chi connectivity index (χ3v) is 2.19. The van der Waals surface area contributed by atoms with Gasteiger partial charge in [-0.3, -0.25) is 0 Å². The van der Waals surface area contributed by atoms with Crippen molar-refractivity contribution >= 4 is 18.3 Å². The summed E-state index contributed by atoms with van der Waals surface area (Å²) in [5, 5.41) is 0. The average molecular weight is 211 g/mol. The predicted octanol–water partition coefficient (Wildman–Crippen LogP) is 2.07. The van der Waals surface area contributed by atoms with Crippen LogP contribution in [0.25, 0.3) is 0 Å². The zero-order valence-electron chi connectivity index (χ0n) is 8.52. The van der Waals surface area contributed by atoms with Crippen LogP contribution in [-0.4, -0.2) is 32.6 Å². The maximum atomic E-state index is 5.36. The molecule has 0 radical (unpaired) electrons. The molecule has 0 amide bonds. The number of para-hydroxylation sites is 1. The van der Waals surface area contributed by atoms with Gasteiger partial charge in [0.05, 0.1) is 13.2 Å². The Morgan fingerprint density at radius 2 is 1.93 bits per heavy atom. The summed E-state index contributed by atoms with van der Waals surface area (Å²) < 4.78 is 5.36. The van der Waals surface area contributed by atoms with Crippen molar-refractivity contribution in [1.29, 1.82) is 0 Å². The smallest absolute Gasteiger partial charge is 0.0641 e. The SMILES string of the molecule is CN(CCOCCS)c1ccccc1. The molecule has 2 nitrogen and oxygen atoms in total. The minimum atomic E-state index is 0.728. The molecule has 0 bridgehead atoms. The summed E-state index contributed by atoms with van der Waals surface area (Å²) >= 11 is 4.08. The molecule has 1 rings (SSSR count). The lowest BCUT2D eigenvalue weighted by Gasteiger charge is -2.18. The zero-order valence-corrected chi connectivity index (χ0v) is 9.41. The van der Waals surface area contributed by atoms with E-state index in [2.05, 4.69) is 36.7 Å². The second-order valence-corrected chi connectivity index (χ2v) is 3.54. The maximum Gasteiger partial charge on any atom is 0.0641 e. The molecule has 0 atom stereocenters. The fourth-order valence-electron chi connectivity index (χ4n) is 1.18. The third-order valence-electron chi connectivity index (χ3n) is 2.00. The van der Waals surface area contributed by atoms with Gasteiger partial charge < -0.3 is 9.64 Å². The summed E-state index contributed by atoms with van der Waals surface area (Å²) in [6.45, 7) is 2.40. The molecule has 3 heteroatoms. The van der Waals surface area contributed by atoms with Crippen molar-refractivity contribution in [3.8, 4) is 0 Å². The Morgan fingerprint density at radius 1 is 1.21 bits per heavy atom. The van der Waals surface area contributed by atoms with Crippen LogP contribution in [0.2, 0.25) is 0 Å².